The molecule has 0 fully saturated rings. The number of rotatable bonds is 15. The van der Waals surface area contributed by atoms with E-state index in [-0.39, 0.29) is 0 Å². The van der Waals surface area contributed by atoms with Gasteiger partial charge in [0, 0.05) is 11.1 Å². The maximum absolute atomic E-state index is 12.0. The first-order valence-electron chi connectivity index (χ1n) is 9.91. The molecule has 3 N–H and O–H groups in total. The van der Waals surface area contributed by atoms with Gasteiger partial charge in [0.05, 0.1) is 0 Å². The van der Waals surface area contributed by atoms with E-state index in [0.717, 1.165) is 32.1 Å². The molecule has 0 spiro atoms. The van der Waals surface area contributed by atoms with Crippen molar-refractivity contribution >= 4 is 11.9 Å². The number of unbranched alkanes of at least 4 members (excludes halogenated alkanes) is 6. The van der Waals surface area contributed by atoms with Crippen molar-refractivity contribution in [2.75, 3.05) is 6.54 Å². The van der Waals surface area contributed by atoms with Crippen LogP contribution in [-0.4, -0.2) is 24.1 Å². The molecule has 0 saturated heterocycles. The number of nitrogens with two attached hydrogens (primary N) is 1. The number of esters is 1. The Morgan fingerprint density at radius 1 is 1.08 bits per heavy atom. The number of carbonyl (C=O) groups excluding carboxylic acids is 2. The number of hydrogen-bond donors (Lipinski definition) is 2. The second-order valence-corrected chi connectivity index (χ2v) is 7.11. The molecular formula is C21H38N2O3. The van der Waals surface area contributed by atoms with E-state index >= 15 is 0 Å². The highest BCUT2D eigenvalue weighted by Crippen LogP contribution is 2.18. The first kappa shape index (κ1) is 24.4. The molecule has 0 bridgehead atoms. The summed E-state index contributed by atoms with van der Waals surface area (Å²) < 4.78 is 5.55. The Labute approximate surface area is 159 Å². The van der Waals surface area contributed by atoms with Crippen LogP contribution in [0, 0.1) is 0 Å². The van der Waals surface area contributed by atoms with Crippen LogP contribution in [0.1, 0.15) is 85.5 Å². The lowest BCUT2D eigenvalue weighted by molar-refractivity contribution is -0.151. The number of primary amides is 1. The van der Waals surface area contributed by atoms with Gasteiger partial charge in [-0.2, -0.15) is 0 Å². The van der Waals surface area contributed by atoms with Gasteiger partial charge >= 0.3 is 5.97 Å². The Balaban J connectivity index is 5.02. The summed E-state index contributed by atoms with van der Waals surface area (Å²) in [6, 6.07) is 0. The smallest absolute Gasteiger partial charge is 0.335 e. The Bertz CT molecular complexity index is 486. The van der Waals surface area contributed by atoms with E-state index in [9.17, 15) is 9.59 Å². The van der Waals surface area contributed by atoms with Gasteiger partial charge in [0.2, 0.25) is 5.91 Å². The highest BCUT2D eigenvalue weighted by molar-refractivity contribution is 5.92. The van der Waals surface area contributed by atoms with Gasteiger partial charge in [-0.05, 0) is 45.7 Å². The molecular weight excluding hydrogens is 328 g/mol. The Kier molecular flexibility index (Phi) is 12.7. The van der Waals surface area contributed by atoms with Crippen molar-refractivity contribution in [1.29, 1.82) is 0 Å². The SMILES string of the molecule is C=C(C)C(=O)OC(C)(/C=C(\CCCCCCCC)C(N)=O)NCCCC. The minimum absolute atomic E-state index is 0.318. The quantitative estimate of drug-likeness (QED) is 0.195. The molecule has 0 aliphatic rings. The van der Waals surface area contributed by atoms with Gasteiger partial charge in [0.25, 0.3) is 0 Å². The fourth-order valence-electron chi connectivity index (χ4n) is 2.60. The standard InChI is InChI=1S/C21H38N2O3/c1-6-8-10-11-12-13-14-18(19(22)24)16-21(5,23-15-9-7-2)26-20(25)17(3)4/h16,23H,3,6-15H2,1-2,4-5H3,(H2,22,24)/b18-16+. The molecule has 26 heavy (non-hydrogen) atoms. The minimum Gasteiger partial charge on any atom is -0.437 e. The number of nitrogens with one attached hydrogen (secondary N) is 1. The van der Waals surface area contributed by atoms with E-state index in [0.29, 0.717) is 24.1 Å². The predicted molar refractivity (Wildman–Crippen MR) is 107 cm³/mol. The number of amides is 1. The van der Waals surface area contributed by atoms with Gasteiger partial charge in [-0.15, -0.1) is 0 Å². The van der Waals surface area contributed by atoms with Crippen molar-refractivity contribution in [1.82, 2.24) is 5.32 Å². The van der Waals surface area contributed by atoms with E-state index in [1.54, 1.807) is 19.9 Å². The number of hydrogen-bond acceptors (Lipinski definition) is 4. The summed E-state index contributed by atoms with van der Waals surface area (Å²) in [4.78, 5) is 23.9. The van der Waals surface area contributed by atoms with Crippen LogP contribution in [0.25, 0.3) is 0 Å². The molecule has 5 heteroatoms. The molecule has 0 aliphatic carbocycles. The monoisotopic (exact) mass is 366 g/mol. The van der Waals surface area contributed by atoms with E-state index in [4.69, 9.17) is 10.5 Å². The van der Waals surface area contributed by atoms with Crippen LogP contribution in [0.5, 0.6) is 0 Å². The molecule has 150 valence electrons. The maximum Gasteiger partial charge on any atom is 0.335 e. The van der Waals surface area contributed by atoms with Crippen LogP contribution < -0.4 is 11.1 Å². The van der Waals surface area contributed by atoms with Gasteiger partial charge in [0.15, 0.2) is 5.72 Å². The number of ether oxygens (including phenoxy) is 1. The normalized spacial score (nSPS) is 13.9. The largest absolute Gasteiger partial charge is 0.437 e. The summed E-state index contributed by atoms with van der Waals surface area (Å²) in [7, 11) is 0. The van der Waals surface area contributed by atoms with Crippen LogP contribution in [-0.2, 0) is 14.3 Å². The Morgan fingerprint density at radius 3 is 2.19 bits per heavy atom. The van der Waals surface area contributed by atoms with Crippen molar-refractivity contribution in [2.45, 2.75) is 91.2 Å². The third kappa shape index (κ3) is 11.1. The van der Waals surface area contributed by atoms with Crippen LogP contribution in [0.2, 0.25) is 0 Å². The van der Waals surface area contributed by atoms with Crippen molar-refractivity contribution in [3.8, 4) is 0 Å². The molecule has 1 atom stereocenters. The Hall–Kier alpha value is -1.62. The molecule has 1 unspecified atom stereocenters. The first-order chi connectivity index (χ1) is 12.3. The maximum atomic E-state index is 12.0. The lowest BCUT2D eigenvalue weighted by Crippen LogP contribution is -2.46. The average Bonchev–Trinajstić information content (AvgIpc) is 2.56. The topological polar surface area (TPSA) is 81.4 Å². The average molecular weight is 367 g/mol. The van der Waals surface area contributed by atoms with Gasteiger partial charge in [-0.1, -0.05) is 59.0 Å². The molecule has 0 aromatic heterocycles. The summed E-state index contributed by atoms with van der Waals surface area (Å²) in [6.45, 7) is 11.9. The second-order valence-electron chi connectivity index (χ2n) is 7.11. The second kappa shape index (κ2) is 13.6. The van der Waals surface area contributed by atoms with Gasteiger partial charge < -0.3 is 10.5 Å². The van der Waals surface area contributed by atoms with E-state index in [1.165, 1.54) is 19.3 Å². The molecule has 0 aliphatic heterocycles. The zero-order valence-corrected chi connectivity index (χ0v) is 17.2. The molecule has 0 heterocycles. The fourth-order valence-corrected chi connectivity index (χ4v) is 2.60. The zero-order chi connectivity index (χ0) is 20.0. The van der Waals surface area contributed by atoms with Gasteiger partial charge in [0.1, 0.15) is 0 Å². The lowest BCUT2D eigenvalue weighted by Gasteiger charge is -2.29. The van der Waals surface area contributed by atoms with Gasteiger partial charge in [-0.25, -0.2) is 4.79 Å². The summed E-state index contributed by atoms with van der Waals surface area (Å²) in [5, 5.41) is 3.22. The van der Waals surface area contributed by atoms with Crippen LogP contribution in [0.4, 0.5) is 0 Å². The Morgan fingerprint density at radius 2 is 1.65 bits per heavy atom. The summed E-state index contributed by atoms with van der Waals surface area (Å²) in [5.41, 5.74) is 5.31. The summed E-state index contributed by atoms with van der Waals surface area (Å²) in [5.74, 6) is -0.954. The van der Waals surface area contributed by atoms with E-state index < -0.39 is 17.6 Å². The lowest BCUT2D eigenvalue weighted by atomic mass is 10.0. The van der Waals surface area contributed by atoms with Crippen LogP contribution >= 0.6 is 0 Å². The van der Waals surface area contributed by atoms with Crippen LogP contribution in [0.15, 0.2) is 23.8 Å². The third-order valence-corrected chi connectivity index (χ3v) is 4.23. The molecule has 0 aromatic carbocycles. The third-order valence-electron chi connectivity index (χ3n) is 4.23. The van der Waals surface area contributed by atoms with Gasteiger partial charge in [-0.3, -0.25) is 10.1 Å². The van der Waals surface area contributed by atoms with Crippen molar-refractivity contribution in [3.05, 3.63) is 23.8 Å². The predicted octanol–water partition coefficient (Wildman–Crippen LogP) is 4.37. The van der Waals surface area contributed by atoms with E-state index in [1.807, 2.05) is 0 Å². The summed E-state index contributed by atoms with van der Waals surface area (Å²) in [6.07, 6.45) is 11.0. The van der Waals surface area contributed by atoms with E-state index in [2.05, 4.69) is 25.7 Å². The van der Waals surface area contributed by atoms with Crippen molar-refractivity contribution < 1.29 is 14.3 Å². The fraction of sp³-hybridized carbons (Fsp3) is 0.714. The number of carbonyl (C=O) groups is 2. The molecule has 5 nitrogen and oxygen atoms in total. The minimum atomic E-state index is -1.07. The molecule has 0 rings (SSSR count). The summed E-state index contributed by atoms with van der Waals surface area (Å²) >= 11 is 0. The zero-order valence-electron chi connectivity index (χ0n) is 17.2. The molecule has 1 amide bonds. The van der Waals surface area contributed by atoms with Crippen molar-refractivity contribution in [2.24, 2.45) is 5.73 Å². The highest BCUT2D eigenvalue weighted by Gasteiger charge is 2.27. The molecule has 0 aromatic rings. The first-order valence-corrected chi connectivity index (χ1v) is 9.91. The molecule has 0 radical (unpaired) electrons. The highest BCUT2D eigenvalue weighted by atomic mass is 16.6. The van der Waals surface area contributed by atoms with Crippen molar-refractivity contribution in [3.63, 3.8) is 0 Å². The molecule has 0 saturated carbocycles. The van der Waals surface area contributed by atoms with Crippen LogP contribution in [0.3, 0.4) is 0 Å².